The van der Waals surface area contributed by atoms with Crippen molar-refractivity contribution in [2.45, 2.75) is 172 Å². The number of Topliss-reactive ketones (excluding diaryl/α,β-unsaturated/α-hetero) is 2. The number of ether oxygens (including phenoxy) is 5. The first kappa shape index (κ1) is 47.5. The number of amides is 1. The molecular weight excluding hydrogens is 754 g/mol. The van der Waals surface area contributed by atoms with Gasteiger partial charge in [-0.15, -0.1) is 11.6 Å². The number of carbonyl (C=O) groups excluding carboxylic acids is 4. The number of ketones is 2. The number of rotatable bonds is 7. The van der Waals surface area contributed by atoms with Crippen LogP contribution in [0.5, 0.6) is 0 Å². The molecule has 57 heavy (non-hydrogen) atoms. The highest BCUT2D eigenvalue weighted by Gasteiger charge is 2.56. The number of halogens is 1. The van der Waals surface area contributed by atoms with Crippen LogP contribution in [0, 0.1) is 29.6 Å². The number of carbonyl (C=O) groups is 4. The normalized spacial score (nSPS) is 41.1. The Morgan fingerprint density at radius 2 is 1.61 bits per heavy atom. The summed E-state index contributed by atoms with van der Waals surface area (Å²) in [7, 11) is 4.74. The number of allylic oxidation sites excluding steroid dienone is 3. The number of nitrogens with zero attached hydrogens (tertiary/aromatic N) is 1. The molecule has 3 fully saturated rings. The van der Waals surface area contributed by atoms with E-state index in [0.717, 1.165) is 24.8 Å². The van der Waals surface area contributed by atoms with Gasteiger partial charge in [0.2, 0.25) is 5.79 Å². The second-order valence-electron chi connectivity index (χ2n) is 17.3. The van der Waals surface area contributed by atoms with Crippen molar-refractivity contribution in [1.29, 1.82) is 0 Å². The van der Waals surface area contributed by atoms with Crippen molar-refractivity contribution in [2.75, 3.05) is 27.9 Å². The molecule has 1 aliphatic carbocycles. The number of piperidine rings is 1. The number of esters is 1. The quantitative estimate of drug-likeness (QED) is 0.132. The Kier molecular flexibility index (Phi) is 17.8. The van der Waals surface area contributed by atoms with Crippen LogP contribution < -0.4 is 0 Å². The molecule has 2 bridgehead atoms. The Bertz CT molecular complexity index is 1450. The van der Waals surface area contributed by atoms with Crippen LogP contribution in [-0.2, 0) is 42.9 Å². The van der Waals surface area contributed by atoms with Gasteiger partial charge in [-0.25, -0.2) is 4.79 Å². The average Bonchev–Trinajstić information content (AvgIpc) is 3.20. The van der Waals surface area contributed by atoms with Gasteiger partial charge in [0.15, 0.2) is 0 Å². The monoisotopic (exact) mass is 823 g/mol. The van der Waals surface area contributed by atoms with E-state index in [1.165, 1.54) is 4.90 Å². The molecule has 1 saturated carbocycles. The molecular formula is C44H70ClNO11. The summed E-state index contributed by atoms with van der Waals surface area (Å²) in [6.45, 7) is 11.4. The van der Waals surface area contributed by atoms with Crippen LogP contribution in [-0.4, -0.2) is 120 Å². The Balaban J connectivity index is 1.78. The number of alkyl halides is 1. The number of hydrogen-bond acceptors (Lipinski definition) is 11. The molecule has 4 aliphatic rings. The van der Waals surface area contributed by atoms with Gasteiger partial charge in [-0.05, 0) is 95.5 Å². The second-order valence-corrected chi connectivity index (χ2v) is 17.8. The Morgan fingerprint density at radius 3 is 2.25 bits per heavy atom. The number of aliphatic hydroxyl groups is 2. The van der Waals surface area contributed by atoms with Crippen LogP contribution in [0.15, 0.2) is 23.3 Å². The SMILES string of the molecule is CC[C@H]1C/C(C)=C/[C@@H](CC)C(=O)C[C@H](O)[C@@H](C)[C@@H](/C(C)=C/[C@@H]2CCC(Cl)C(OC)C2)OC(=O)[C@@H]2CCCCN2C(=O)C(=O)C2(O)O[C@@H](C(OC)CC2C)[C@@H](OC)C1. The first-order valence-electron chi connectivity index (χ1n) is 21.3. The molecule has 14 atom stereocenters. The maximum absolute atomic E-state index is 14.3. The fourth-order valence-corrected chi connectivity index (χ4v) is 9.84. The number of methoxy groups -OCH3 is 3. The summed E-state index contributed by atoms with van der Waals surface area (Å²) < 4.78 is 30.0. The molecule has 0 aromatic heterocycles. The molecule has 0 spiro atoms. The van der Waals surface area contributed by atoms with Crippen LogP contribution in [0.4, 0.5) is 0 Å². The van der Waals surface area contributed by atoms with Gasteiger partial charge in [0, 0.05) is 52.0 Å². The first-order valence-corrected chi connectivity index (χ1v) is 21.7. The zero-order valence-electron chi connectivity index (χ0n) is 35.7. The molecule has 5 unspecified atom stereocenters. The van der Waals surface area contributed by atoms with Crippen molar-refractivity contribution in [1.82, 2.24) is 4.90 Å². The molecule has 3 aliphatic heterocycles. The fourth-order valence-electron chi connectivity index (χ4n) is 9.51. The van der Waals surface area contributed by atoms with Crippen molar-refractivity contribution < 1.29 is 53.1 Å². The molecule has 3 heterocycles. The highest BCUT2D eigenvalue weighted by atomic mass is 35.5. The van der Waals surface area contributed by atoms with Crippen molar-refractivity contribution in [3.05, 3.63) is 23.3 Å². The highest BCUT2D eigenvalue weighted by Crippen LogP contribution is 2.40. The van der Waals surface area contributed by atoms with Gasteiger partial charge in [-0.1, -0.05) is 51.8 Å². The zero-order chi connectivity index (χ0) is 42.2. The highest BCUT2D eigenvalue weighted by molar-refractivity contribution is 6.39. The lowest BCUT2D eigenvalue weighted by Crippen LogP contribution is -2.64. The van der Waals surface area contributed by atoms with Crippen LogP contribution in [0.3, 0.4) is 0 Å². The van der Waals surface area contributed by atoms with E-state index in [9.17, 15) is 29.4 Å². The molecule has 12 nitrogen and oxygen atoms in total. The van der Waals surface area contributed by atoms with Gasteiger partial charge in [0.1, 0.15) is 24.0 Å². The van der Waals surface area contributed by atoms with Crippen molar-refractivity contribution in [3.8, 4) is 0 Å². The van der Waals surface area contributed by atoms with E-state index in [1.807, 2.05) is 32.9 Å². The minimum Gasteiger partial charge on any atom is -0.456 e. The summed E-state index contributed by atoms with van der Waals surface area (Å²) in [5.41, 5.74) is 1.73. The lowest BCUT2D eigenvalue weighted by molar-refractivity contribution is -0.302. The number of fused-ring (bicyclic) bond motifs is 3. The van der Waals surface area contributed by atoms with E-state index in [4.69, 9.17) is 35.3 Å². The van der Waals surface area contributed by atoms with E-state index < -0.39 is 77.8 Å². The minimum atomic E-state index is -2.49. The smallest absolute Gasteiger partial charge is 0.329 e. The summed E-state index contributed by atoms with van der Waals surface area (Å²) in [5.74, 6) is -7.25. The number of aliphatic hydroxyl groups excluding tert-OH is 1. The summed E-state index contributed by atoms with van der Waals surface area (Å²) in [4.78, 5) is 57.9. The standard InChI is InChI=1S/C44H70ClNO11/c1-10-29-18-25(3)19-31(11-2)35(48)24-34(47)28(6)39(26(4)20-30-15-16-32(45)36(23-30)53-7)56-43(51)33-14-12-13-17-46(33)42(50)41(49)44(52)27(5)21-37(54-8)40(57-44)38(22-29)55-9/h19-20,27-34,36-40,47,52H,10-18,21-24H2,1-9H3/b25-19+,26-20+/t27?,28-,29+,30+,31-,32?,33+,34+,36?,37?,38+,39-,40+,44?/m1/s1. The van der Waals surface area contributed by atoms with Crippen molar-refractivity contribution in [3.63, 3.8) is 0 Å². The minimum absolute atomic E-state index is 0.0761. The molecule has 2 N–H and O–H groups in total. The lowest BCUT2D eigenvalue weighted by Gasteiger charge is -2.47. The fraction of sp³-hybridized carbons (Fsp3) is 0.818. The van der Waals surface area contributed by atoms with Gasteiger partial charge >= 0.3 is 5.97 Å². The second kappa shape index (κ2) is 21.4. The summed E-state index contributed by atoms with van der Waals surface area (Å²) in [6.07, 6.45) is 6.03. The molecule has 4 rings (SSSR count). The third-order valence-electron chi connectivity index (χ3n) is 13.3. The van der Waals surface area contributed by atoms with Crippen LogP contribution >= 0.6 is 11.6 Å². The predicted octanol–water partition coefficient (Wildman–Crippen LogP) is 6.11. The Labute approximate surface area is 345 Å². The zero-order valence-corrected chi connectivity index (χ0v) is 36.5. The molecule has 0 aromatic carbocycles. The third kappa shape index (κ3) is 11.3. The van der Waals surface area contributed by atoms with Gasteiger partial charge in [0.05, 0.1) is 29.8 Å². The molecule has 0 radical (unpaired) electrons. The first-order chi connectivity index (χ1) is 27.0. The Morgan fingerprint density at radius 1 is 0.947 bits per heavy atom. The van der Waals surface area contributed by atoms with Gasteiger partial charge in [-0.2, -0.15) is 0 Å². The van der Waals surface area contributed by atoms with E-state index in [2.05, 4.69) is 6.92 Å². The lowest BCUT2D eigenvalue weighted by atomic mass is 9.81. The molecule has 13 heteroatoms. The average molecular weight is 824 g/mol. The van der Waals surface area contributed by atoms with E-state index >= 15 is 0 Å². The molecule has 1 amide bonds. The summed E-state index contributed by atoms with van der Waals surface area (Å²) in [6, 6.07) is -1.12. The van der Waals surface area contributed by atoms with Gasteiger partial charge in [0.25, 0.3) is 11.7 Å². The van der Waals surface area contributed by atoms with Crippen LogP contribution in [0.2, 0.25) is 0 Å². The van der Waals surface area contributed by atoms with Gasteiger partial charge < -0.3 is 38.8 Å². The maximum atomic E-state index is 14.3. The summed E-state index contributed by atoms with van der Waals surface area (Å²) in [5, 5.41) is 23.7. The van der Waals surface area contributed by atoms with Crippen LogP contribution in [0.1, 0.15) is 119 Å². The van der Waals surface area contributed by atoms with Gasteiger partial charge in [-0.3, -0.25) is 14.4 Å². The van der Waals surface area contributed by atoms with E-state index in [0.29, 0.717) is 44.1 Å². The topological polar surface area (TPSA) is 158 Å². The maximum Gasteiger partial charge on any atom is 0.329 e. The summed E-state index contributed by atoms with van der Waals surface area (Å²) >= 11 is 6.53. The van der Waals surface area contributed by atoms with E-state index in [-0.39, 0.29) is 54.9 Å². The van der Waals surface area contributed by atoms with Crippen molar-refractivity contribution >= 4 is 35.0 Å². The van der Waals surface area contributed by atoms with Crippen LogP contribution in [0.25, 0.3) is 0 Å². The molecule has 2 saturated heterocycles. The van der Waals surface area contributed by atoms with E-state index in [1.54, 1.807) is 35.2 Å². The van der Waals surface area contributed by atoms with Crippen molar-refractivity contribution in [2.24, 2.45) is 29.6 Å². The number of cyclic esters (lactones) is 1. The largest absolute Gasteiger partial charge is 0.456 e. The predicted molar refractivity (Wildman–Crippen MR) is 216 cm³/mol. The molecule has 0 aromatic rings. The number of hydrogen-bond donors (Lipinski definition) is 2. The Hall–Kier alpha value is -2.19. The third-order valence-corrected chi connectivity index (χ3v) is 13.8. The molecule has 324 valence electrons.